The molecule has 1 fully saturated rings. The van der Waals surface area contributed by atoms with Gasteiger partial charge in [0.05, 0.1) is 6.42 Å². The number of ether oxygens (including phenoxy) is 1. The van der Waals surface area contributed by atoms with E-state index in [0.717, 1.165) is 18.4 Å². The highest BCUT2D eigenvalue weighted by molar-refractivity contribution is 5.70. The number of nitrogens with two attached hydrogens (primary N) is 1. The number of hydrogen-bond acceptors (Lipinski definition) is 3. The molecule has 0 radical (unpaired) electrons. The minimum absolute atomic E-state index is 0.0355. The Labute approximate surface area is 102 Å². The summed E-state index contributed by atoms with van der Waals surface area (Å²) in [4.78, 5) is 11.7. The molecule has 3 heteroatoms. The largest absolute Gasteiger partial charge is 0.461 e. The van der Waals surface area contributed by atoms with E-state index < -0.39 is 0 Å². The maximum absolute atomic E-state index is 11.7. The molecule has 17 heavy (non-hydrogen) atoms. The second kappa shape index (κ2) is 5.32. The maximum Gasteiger partial charge on any atom is 0.306 e. The molecule has 0 spiro atoms. The lowest BCUT2D eigenvalue weighted by Crippen LogP contribution is -2.39. The van der Waals surface area contributed by atoms with Crippen molar-refractivity contribution in [1.29, 1.82) is 0 Å². The summed E-state index contributed by atoms with van der Waals surface area (Å²) in [5.41, 5.74) is 6.78. The van der Waals surface area contributed by atoms with Gasteiger partial charge in [0.15, 0.2) is 0 Å². The van der Waals surface area contributed by atoms with Gasteiger partial charge in [-0.05, 0) is 30.4 Å². The fraction of sp³-hybridized carbons (Fsp3) is 0.500. The molecular formula is C14H19NO2. The summed E-state index contributed by atoms with van der Waals surface area (Å²) in [7, 11) is 0. The van der Waals surface area contributed by atoms with Crippen LogP contribution in [-0.2, 0) is 16.1 Å². The quantitative estimate of drug-likeness (QED) is 0.794. The summed E-state index contributed by atoms with van der Waals surface area (Å²) in [5, 5.41) is 0. The smallest absolute Gasteiger partial charge is 0.306 e. The molecule has 92 valence electrons. The first-order valence-corrected chi connectivity index (χ1v) is 6.14. The molecular weight excluding hydrogens is 214 g/mol. The number of carbonyl (C=O) groups is 1. The van der Waals surface area contributed by atoms with Gasteiger partial charge in [-0.15, -0.1) is 0 Å². The van der Waals surface area contributed by atoms with Crippen LogP contribution in [0.4, 0.5) is 0 Å². The molecule has 1 saturated carbocycles. The molecule has 1 aromatic rings. The number of rotatable bonds is 5. The first-order chi connectivity index (χ1) is 8.24. The average Bonchev–Trinajstić information content (AvgIpc) is 2.33. The van der Waals surface area contributed by atoms with Crippen LogP contribution < -0.4 is 5.73 Å². The Morgan fingerprint density at radius 3 is 2.53 bits per heavy atom. The molecule has 0 aromatic heterocycles. The Kier molecular flexibility index (Phi) is 3.79. The van der Waals surface area contributed by atoms with Crippen molar-refractivity contribution < 1.29 is 9.53 Å². The van der Waals surface area contributed by atoms with Gasteiger partial charge in [0, 0.05) is 0 Å². The Hall–Kier alpha value is -1.35. The van der Waals surface area contributed by atoms with E-state index >= 15 is 0 Å². The monoisotopic (exact) mass is 233 g/mol. The van der Waals surface area contributed by atoms with E-state index in [0.29, 0.717) is 19.6 Å². The maximum atomic E-state index is 11.7. The molecule has 0 atom stereocenters. The van der Waals surface area contributed by atoms with Gasteiger partial charge in [-0.2, -0.15) is 0 Å². The molecule has 0 bridgehead atoms. The van der Waals surface area contributed by atoms with Gasteiger partial charge >= 0.3 is 5.97 Å². The van der Waals surface area contributed by atoms with E-state index in [1.165, 1.54) is 6.42 Å². The molecule has 3 nitrogen and oxygen atoms in total. The van der Waals surface area contributed by atoms with Gasteiger partial charge in [-0.25, -0.2) is 0 Å². The molecule has 0 saturated heterocycles. The van der Waals surface area contributed by atoms with E-state index in [4.69, 9.17) is 10.5 Å². The zero-order chi connectivity index (χ0) is 12.1. The van der Waals surface area contributed by atoms with E-state index in [9.17, 15) is 4.79 Å². The second-order valence-electron chi connectivity index (χ2n) is 4.88. The first-order valence-electron chi connectivity index (χ1n) is 6.14. The van der Waals surface area contributed by atoms with E-state index in [-0.39, 0.29) is 11.4 Å². The molecule has 2 rings (SSSR count). The Balaban J connectivity index is 1.78. The van der Waals surface area contributed by atoms with Crippen molar-refractivity contribution in [3.05, 3.63) is 35.9 Å². The summed E-state index contributed by atoms with van der Waals surface area (Å²) in [5.74, 6) is -0.126. The number of carbonyl (C=O) groups excluding carboxylic acids is 1. The lowest BCUT2D eigenvalue weighted by molar-refractivity contribution is -0.149. The van der Waals surface area contributed by atoms with Crippen molar-refractivity contribution >= 4 is 5.97 Å². The average molecular weight is 233 g/mol. The fourth-order valence-corrected chi connectivity index (χ4v) is 2.23. The van der Waals surface area contributed by atoms with Crippen LogP contribution in [0, 0.1) is 5.41 Å². The summed E-state index contributed by atoms with van der Waals surface area (Å²) >= 11 is 0. The van der Waals surface area contributed by atoms with E-state index in [2.05, 4.69) is 0 Å². The standard InChI is InChI=1S/C14H19NO2/c15-11-14(7-4-8-14)9-13(16)17-10-12-5-2-1-3-6-12/h1-3,5-6H,4,7-11,15H2. The highest BCUT2D eigenvalue weighted by atomic mass is 16.5. The van der Waals surface area contributed by atoms with E-state index in [1.54, 1.807) is 0 Å². The van der Waals surface area contributed by atoms with Crippen LogP contribution in [-0.4, -0.2) is 12.5 Å². The van der Waals surface area contributed by atoms with Crippen molar-refractivity contribution in [3.8, 4) is 0 Å². The van der Waals surface area contributed by atoms with Crippen LogP contribution in [0.5, 0.6) is 0 Å². The zero-order valence-corrected chi connectivity index (χ0v) is 10.0. The molecule has 0 unspecified atom stereocenters. The summed E-state index contributed by atoms with van der Waals surface area (Å²) < 4.78 is 5.27. The molecule has 0 amide bonds. The van der Waals surface area contributed by atoms with Crippen molar-refractivity contribution in [2.24, 2.45) is 11.1 Å². The molecule has 2 N–H and O–H groups in total. The normalized spacial score (nSPS) is 17.2. The van der Waals surface area contributed by atoms with Crippen molar-refractivity contribution in [2.75, 3.05) is 6.54 Å². The third-order valence-electron chi connectivity index (χ3n) is 3.61. The predicted molar refractivity (Wildman–Crippen MR) is 66.2 cm³/mol. The SMILES string of the molecule is NCC1(CC(=O)OCc2ccccc2)CCC1. The lowest BCUT2D eigenvalue weighted by Gasteiger charge is -2.40. The van der Waals surface area contributed by atoms with Gasteiger partial charge in [0.2, 0.25) is 0 Å². The van der Waals surface area contributed by atoms with Crippen molar-refractivity contribution in [2.45, 2.75) is 32.3 Å². The van der Waals surface area contributed by atoms with Gasteiger partial charge in [-0.1, -0.05) is 36.8 Å². The topological polar surface area (TPSA) is 52.3 Å². The van der Waals surface area contributed by atoms with Crippen LogP contribution in [0.1, 0.15) is 31.2 Å². The van der Waals surface area contributed by atoms with Gasteiger partial charge in [0.1, 0.15) is 6.61 Å². The van der Waals surface area contributed by atoms with Crippen LogP contribution in [0.3, 0.4) is 0 Å². The predicted octanol–water partition coefficient (Wildman–Crippen LogP) is 2.25. The zero-order valence-electron chi connectivity index (χ0n) is 10.0. The van der Waals surface area contributed by atoms with Gasteiger partial charge < -0.3 is 10.5 Å². The fourth-order valence-electron chi connectivity index (χ4n) is 2.23. The van der Waals surface area contributed by atoms with Gasteiger partial charge in [0.25, 0.3) is 0 Å². The van der Waals surface area contributed by atoms with Crippen LogP contribution in [0.15, 0.2) is 30.3 Å². The number of benzene rings is 1. The van der Waals surface area contributed by atoms with Crippen molar-refractivity contribution in [3.63, 3.8) is 0 Å². The first kappa shape index (κ1) is 12.1. The summed E-state index contributed by atoms with van der Waals surface area (Å²) in [6, 6.07) is 9.74. The van der Waals surface area contributed by atoms with Crippen LogP contribution in [0.25, 0.3) is 0 Å². The minimum Gasteiger partial charge on any atom is -0.461 e. The van der Waals surface area contributed by atoms with Gasteiger partial charge in [-0.3, -0.25) is 4.79 Å². The molecule has 0 heterocycles. The third kappa shape index (κ3) is 3.07. The lowest BCUT2D eigenvalue weighted by atomic mass is 9.67. The number of esters is 1. The van der Waals surface area contributed by atoms with Crippen LogP contribution >= 0.6 is 0 Å². The summed E-state index contributed by atoms with van der Waals surface area (Å²) in [6.45, 7) is 0.952. The third-order valence-corrected chi connectivity index (χ3v) is 3.61. The molecule has 1 aliphatic rings. The number of hydrogen-bond donors (Lipinski definition) is 1. The molecule has 1 aromatic carbocycles. The summed E-state index contributed by atoms with van der Waals surface area (Å²) in [6.07, 6.45) is 3.77. The molecule has 0 aliphatic heterocycles. The van der Waals surface area contributed by atoms with Crippen molar-refractivity contribution in [1.82, 2.24) is 0 Å². The second-order valence-corrected chi connectivity index (χ2v) is 4.88. The minimum atomic E-state index is -0.126. The highest BCUT2D eigenvalue weighted by Gasteiger charge is 2.38. The Morgan fingerprint density at radius 1 is 1.29 bits per heavy atom. The Bertz CT molecular complexity index is 366. The molecule has 1 aliphatic carbocycles. The van der Waals surface area contributed by atoms with Crippen LogP contribution in [0.2, 0.25) is 0 Å². The Morgan fingerprint density at radius 2 is 2.00 bits per heavy atom. The van der Waals surface area contributed by atoms with E-state index in [1.807, 2.05) is 30.3 Å². The highest BCUT2D eigenvalue weighted by Crippen LogP contribution is 2.43.